The average molecular weight is 929 g/mol. The maximum Gasteiger partial charge on any atom is 0.259 e. The molecule has 0 spiro atoms. The molecule has 0 radical (unpaired) electrons. The Morgan fingerprint density at radius 1 is 0.507 bits per heavy atom. The van der Waals surface area contributed by atoms with Crippen molar-refractivity contribution < 1.29 is 0 Å². The van der Waals surface area contributed by atoms with Crippen LogP contribution >= 0.6 is 11.3 Å². The highest BCUT2D eigenvalue weighted by Gasteiger charge is 2.44. The van der Waals surface area contributed by atoms with Gasteiger partial charge in [-0.3, -0.25) is 0 Å². The van der Waals surface area contributed by atoms with Crippen LogP contribution in [0.25, 0.3) is 10.1 Å². The van der Waals surface area contributed by atoms with Gasteiger partial charge in [0.25, 0.3) is 6.71 Å². The second-order valence-corrected chi connectivity index (χ2v) is 26.8. The number of nitrogens with zero attached hydrogens (tertiary/aromatic N) is 2. The molecule has 3 aliphatic rings. The molecule has 0 amide bonds. The van der Waals surface area contributed by atoms with Crippen LogP contribution in [0.5, 0.6) is 0 Å². The van der Waals surface area contributed by atoms with Gasteiger partial charge in [-0.25, -0.2) is 0 Å². The molecule has 2 heterocycles. The highest BCUT2D eigenvalue weighted by Crippen LogP contribution is 2.53. The van der Waals surface area contributed by atoms with E-state index >= 15 is 0 Å². The van der Waals surface area contributed by atoms with Gasteiger partial charge in [0, 0.05) is 38.8 Å². The molecular weight excluding hydrogens is 852 g/mol. The lowest BCUT2D eigenvalue weighted by atomic mass is 9.37. The minimum Gasteiger partial charge on any atom is -0.311 e. The van der Waals surface area contributed by atoms with Gasteiger partial charge in [-0.2, -0.15) is 0 Å². The lowest BCUT2D eigenvalue weighted by Crippen LogP contribution is -2.57. The second kappa shape index (κ2) is 16.5. The van der Waals surface area contributed by atoms with Gasteiger partial charge in [-0.1, -0.05) is 152 Å². The number of anilines is 6. The summed E-state index contributed by atoms with van der Waals surface area (Å²) in [5.74, 6) is 0.913. The van der Waals surface area contributed by atoms with E-state index < -0.39 is 0 Å². The fourth-order valence-corrected chi connectivity index (χ4v) is 13.3. The van der Waals surface area contributed by atoms with Crippen LogP contribution in [0.2, 0.25) is 0 Å². The number of fused-ring (bicyclic) bond motifs is 5. The van der Waals surface area contributed by atoms with E-state index in [-0.39, 0.29) is 33.8 Å². The van der Waals surface area contributed by atoms with Gasteiger partial charge in [0.1, 0.15) is 0 Å². The molecule has 0 bridgehead atoms. The van der Waals surface area contributed by atoms with Crippen LogP contribution in [-0.4, -0.2) is 6.71 Å². The highest BCUT2D eigenvalue weighted by atomic mass is 32.1. The number of aryl methyl sites for hydroxylation is 1. The Labute approximate surface area is 420 Å². The van der Waals surface area contributed by atoms with Crippen molar-refractivity contribution >= 4 is 78.0 Å². The number of rotatable bonds is 7. The molecule has 0 saturated heterocycles. The van der Waals surface area contributed by atoms with Crippen molar-refractivity contribution in [3.8, 4) is 0 Å². The third-order valence-electron chi connectivity index (χ3n) is 17.1. The molecule has 0 N–H and O–H groups in total. The molecule has 1 aliphatic heterocycles. The first-order valence-electron chi connectivity index (χ1n) is 26.2. The van der Waals surface area contributed by atoms with Crippen LogP contribution < -0.4 is 25.5 Å². The van der Waals surface area contributed by atoms with E-state index in [4.69, 9.17) is 0 Å². The molecular formula is C65H77BN2S. The molecule has 356 valence electrons. The number of benzene rings is 6. The van der Waals surface area contributed by atoms with Crippen molar-refractivity contribution in [2.45, 2.75) is 175 Å². The van der Waals surface area contributed by atoms with Crippen molar-refractivity contribution in [2.75, 3.05) is 9.80 Å². The van der Waals surface area contributed by atoms with Crippen LogP contribution in [0, 0.1) is 6.92 Å². The molecule has 10 rings (SSSR count). The largest absolute Gasteiger partial charge is 0.311 e. The van der Waals surface area contributed by atoms with E-state index in [9.17, 15) is 0 Å². The topological polar surface area (TPSA) is 6.48 Å². The van der Waals surface area contributed by atoms with Gasteiger partial charge in [0.2, 0.25) is 0 Å². The van der Waals surface area contributed by atoms with Gasteiger partial charge in [0.05, 0.1) is 0 Å². The van der Waals surface area contributed by atoms with Gasteiger partial charge < -0.3 is 9.80 Å². The monoisotopic (exact) mass is 929 g/mol. The zero-order valence-electron chi connectivity index (χ0n) is 44.8. The quantitative estimate of drug-likeness (QED) is 0.147. The first kappa shape index (κ1) is 47.6. The van der Waals surface area contributed by atoms with E-state index in [2.05, 4.69) is 236 Å². The van der Waals surface area contributed by atoms with Crippen molar-refractivity contribution in [2.24, 2.45) is 0 Å². The Balaban J connectivity index is 1.30. The maximum atomic E-state index is 2.73. The van der Waals surface area contributed by atoms with E-state index in [1.165, 1.54) is 130 Å². The zero-order chi connectivity index (χ0) is 49.3. The first-order valence-corrected chi connectivity index (χ1v) is 27.0. The van der Waals surface area contributed by atoms with Gasteiger partial charge in [-0.15, -0.1) is 11.3 Å². The summed E-state index contributed by atoms with van der Waals surface area (Å²) >= 11 is 1.99. The van der Waals surface area contributed by atoms with Crippen LogP contribution in [0.4, 0.5) is 34.1 Å². The van der Waals surface area contributed by atoms with Crippen LogP contribution in [-0.2, 0) is 27.1 Å². The molecule has 7 aromatic rings. The minimum absolute atomic E-state index is 0.0438. The van der Waals surface area contributed by atoms with E-state index in [0.717, 1.165) is 0 Å². The van der Waals surface area contributed by atoms with Crippen molar-refractivity contribution in [1.29, 1.82) is 0 Å². The SMILES string of the molecule is Cc1cc2c(cc1N1c3cc(N(c4ccc(C(C)C)cc4)c4ccc(C(C)C)cc4)ccc3B(c3cc4cc(C(C)(C)C)ccc4s3)c3cc4c(cc31)C(C)(C)CCC4(C)C)C(C)(C)CCC2(C)C. The van der Waals surface area contributed by atoms with Crippen LogP contribution in [0.3, 0.4) is 0 Å². The normalized spacial score (nSPS) is 17.7. The Kier molecular flexibility index (Phi) is 11.4. The minimum atomic E-state index is 0.0438. The summed E-state index contributed by atoms with van der Waals surface area (Å²) < 4.78 is 2.77. The maximum absolute atomic E-state index is 2.73. The average Bonchev–Trinajstić information content (AvgIpc) is 3.72. The summed E-state index contributed by atoms with van der Waals surface area (Å²) in [5.41, 5.74) is 22.0. The Hall–Kier alpha value is -5.06. The standard InChI is InChI=1S/C65H77BN2S/c1-40(2)43-17-22-47(23-18-43)67(48-24-19-44(20-25-48)41(3)4)49-26-27-54-57(36-49)68(56-38-52-50(33-42(56)5)62(9,10)29-31-64(52,13)14)58-39-53-51(63(11,12)30-32-65(53,15)16)37-55(58)66(54)60-35-45-34-46(61(6,7)8)21-28-59(45)69-60/h17-28,33-41H,29-32H2,1-16H3. The third kappa shape index (κ3) is 8.19. The predicted octanol–water partition coefficient (Wildman–Crippen LogP) is 17.2. The van der Waals surface area contributed by atoms with E-state index in [0.29, 0.717) is 11.8 Å². The summed E-state index contributed by atoms with van der Waals surface area (Å²) in [4.78, 5) is 5.22. The summed E-state index contributed by atoms with van der Waals surface area (Å²) in [6, 6.07) is 46.4. The Bertz CT molecular complexity index is 3060. The van der Waals surface area contributed by atoms with Crippen LogP contribution in [0.15, 0.2) is 115 Å². The molecule has 69 heavy (non-hydrogen) atoms. The van der Waals surface area contributed by atoms with Crippen LogP contribution in [0.1, 0.15) is 186 Å². The third-order valence-corrected chi connectivity index (χ3v) is 18.3. The van der Waals surface area contributed by atoms with Crippen molar-refractivity contribution in [3.63, 3.8) is 0 Å². The summed E-state index contributed by atoms with van der Waals surface area (Å²) in [6.07, 6.45) is 4.72. The molecule has 1 aromatic heterocycles. The second-order valence-electron chi connectivity index (χ2n) is 25.7. The predicted molar refractivity (Wildman–Crippen MR) is 304 cm³/mol. The molecule has 0 fully saturated rings. The lowest BCUT2D eigenvalue weighted by molar-refractivity contribution is 0.331. The van der Waals surface area contributed by atoms with E-state index in [1.807, 2.05) is 11.3 Å². The molecule has 4 heteroatoms. The molecule has 2 nitrogen and oxygen atoms in total. The van der Waals surface area contributed by atoms with Crippen molar-refractivity contribution in [3.05, 3.63) is 160 Å². The number of hydrogen-bond acceptors (Lipinski definition) is 3. The molecule has 2 aliphatic carbocycles. The molecule has 6 aromatic carbocycles. The highest BCUT2D eigenvalue weighted by molar-refractivity contribution is 7.32. The zero-order valence-corrected chi connectivity index (χ0v) is 45.6. The van der Waals surface area contributed by atoms with Gasteiger partial charge in [-0.05, 0) is 204 Å². The fraction of sp³-hybridized carbons (Fsp3) is 0.415. The molecule has 0 atom stereocenters. The molecule has 0 saturated carbocycles. The molecule has 0 unspecified atom stereocenters. The summed E-state index contributed by atoms with van der Waals surface area (Å²) in [7, 11) is 0. The Morgan fingerprint density at radius 2 is 0.971 bits per heavy atom. The van der Waals surface area contributed by atoms with Gasteiger partial charge >= 0.3 is 0 Å². The number of hydrogen-bond donors (Lipinski definition) is 0. The first-order chi connectivity index (χ1) is 32.3. The van der Waals surface area contributed by atoms with Crippen molar-refractivity contribution in [1.82, 2.24) is 0 Å². The summed E-state index contributed by atoms with van der Waals surface area (Å²) in [6.45, 7) is 38.4. The van der Waals surface area contributed by atoms with Gasteiger partial charge in [0.15, 0.2) is 0 Å². The smallest absolute Gasteiger partial charge is 0.259 e. The van der Waals surface area contributed by atoms with E-state index in [1.54, 1.807) is 0 Å². The lowest BCUT2D eigenvalue weighted by Gasteiger charge is -2.46. The number of thiophene rings is 1. The Morgan fingerprint density at radius 3 is 1.48 bits per heavy atom. The fourth-order valence-electron chi connectivity index (χ4n) is 12.1. The summed E-state index contributed by atoms with van der Waals surface area (Å²) in [5, 5.41) is 1.35.